The Morgan fingerprint density at radius 2 is 2.33 bits per heavy atom. The van der Waals surface area contributed by atoms with Gasteiger partial charge in [0.1, 0.15) is 5.75 Å². The Morgan fingerprint density at radius 1 is 1.53 bits per heavy atom. The second-order valence-corrected chi connectivity index (χ2v) is 3.09. The third-order valence-electron chi connectivity index (χ3n) is 1.75. The molecule has 3 heteroatoms. The predicted molar refractivity (Wildman–Crippen MR) is 58.9 cm³/mol. The van der Waals surface area contributed by atoms with Gasteiger partial charge in [-0.15, -0.1) is 0 Å². The van der Waals surface area contributed by atoms with E-state index in [1.165, 1.54) is 0 Å². The average Bonchev–Trinajstić information content (AvgIpc) is 2.24. The van der Waals surface area contributed by atoms with Crippen molar-refractivity contribution in [3.8, 4) is 5.75 Å². The summed E-state index contributed by atoms with van der Waals surface area (Å²) in [5.74, 6) is -0.181. The Kier molecular flexibility index (Phi) is 4.41. The lowest BCUT2D eigenvalue weighted by atomic mass is 10.2. The SMILES string of the molecule is CCCOc1cccc(C=CC(=O)O)c1. The third kappa shape index (κ3) is 4.31. The average molecular weight is 206 g/mol. The molecule has 0 heterocycles. The van der Waals surface area contributed by atoms with E-state index in [0.717, 1.165) is 23.8 Å². The van der Waals surface area contributed by atoms with Crippen molar-refractivity contribution in [2.24, 2.45) is 0 Å². The lowest BCUT2D eigenvalue weighted by Crippen LogP contribution is -1.94. The first-order valence-corrected chi connectivity index (χ1v) is 4.86. The van der Waals surface area contributed by atoms with Gasteiger partial charge in [0.15, 0.2) is 0 Å². The fraction of sp³-hybridized carbons (Fsp3) is 0.250. The van der Waals surface area contributed by atoms with Crippen LogP contribution in [0.25, 0.3) is 6.08 Å². The van der Waals surface area contributed by atoms with Gasteiger partial charge in [0.2, 0.25) is 0 Å². The summed E-state index contributed by atoms with van der Waals surface area (Å²) in [6.45, 7) is 2.71. The molecule has 0 aliphatic heterocycles. The van der Waals surface area contributed by atoms with Gasteiger partial charge in [-0.1, -0.05) is 19.1 Å². The maximum absolute atomic E-state index is 10.3. The number of ether oxygens (including phenoxy) is 1. The first-order valence-electron chi connectivity index (χ1n) is 4.86. The summed E-state index contributed by atoms with van der Waals surface area (Å²) in [5, 5.41) is 8.47. The lowest BCUT2D eigenvalue weighted by Gasteiger charge is -2.04. The molecule has 0 aliphatic rings. The molecule has 0 saturated heterocycles. The van der Waals surface area contributed by atoms with Crippen LogP contribution in [0.2, 0.25) is 0 Å². The number of aliphatic carboxylic acids is 1. The molecule has 0 unspecified atom stereocenters. The molecule has 1 aromatic rings. The summed E-state index contributed by atoms with van der Waals surface area (Å²) in [5.41, 5.74) is 0.825. The van der Waals surface area contributed by atoms with Gasteiger partial charge in [-0.05, 0) is 30.2 Å². The molecule has 0 amide bonds. The zero-order valence-electron chi connectivity index (χ0n) is 8.64. The number of benzene rings is 1. The standard InChI is InChI=1S/C12H14O3/c1-2-8-15-11-5-3-4-10(9-11)6-7-12(13)14/h3-7,9H,2,8H2,1H3,(H,13,14). The minimum atomic E-state index is -0.949. The minimum absolute atomic E-state index is 0.673. The number of carboxylic acid groups (broad SMARTS) is 1. The van der Waals surface area contributed by atoms with E-state index in [1.54, 1.807) is 6.08 Å². The summed E-state index contributed by atoms with van der Waals surface area (Å²) in [4.78, 5) is 10.3. The molecule has 1 rings (SSSR count). The second kappa shape index (κ2) is 5.86. The Hall–Kier alpha value is -1.77. The second-order valence-electron chi connectivity index (χ2n) is 3.09. The van der Waals surface area contributed by atoms with Crippen LogP contribution in [0.1, 0.15) is 18.9 Å². The van der Waals surface area contributed by atoms with Gasteiger partial charge in [-0.25, -0.2) is 4.79 Å². The van der Waals surface area contributed by atoms with E-state index in [-0.39, 0.29) is 0 Å². The highest BCUT2D eigenvalue weighted by Crippen LogP contribution is 2.14. The number of carboxylic acids is 1. The molecular formula is C12H14O3. The van der Waals surface area contributed by atoms with Crippen molar-refractivity contribution in [3.63, 3.8) is 0 Å². The summed E-state index contributed by atoms with van der Waals surface area (Å²) in [6.07, 6.45) is 3.61. The van der Waals surface area contributed by atoms with Gasteiger partial charge in [-0.3, -0.25) is 0 Å². The highest BCUT2D eigenvalue weighted by molar-refractivity contribution is 5.85. The van der Waals surface area contributed by atoms with Crippen LogP contribution in [-0.2, 0) is 4.79 Å². The Balaban J connectivity index is 2.69. The monoisotopic (exact) mass is 206 g/mol. The van der Waals surface area contributed by atoms with Crippen molar-refractivity contribution in [2.75, 3.05) is 6.61 Å². The van der Waals surface area contributed by atoms with Crippen molar-refractivity contribution < 1.29 is 14.6 Å². The highest BCUT2D eigenvalue weighted by Gasteiger charge is 1.94. The van der Waals surface area contributed by atoms with Crippen LogP contribution >= 0.6 is 0 Å². The van der Waals surface area contributed by atoms with E-state index in [1.807, 2.05) is 31.2 Å². The molecule has 0 spiro atoms. The minimum Gasteiger partial charge on any atom is -0.494 e. The van der Waals surface area contributed by atoms with Gasteiger partial charge in [0.05, 0.1) is 6.61 Å². The van der Waals surface area contributed by atoms with Gasteiger partial charge in [0, 0.05) is 6.08 Å². The number of hydrogen-bond acceptors (Lipinski definition) is 2. The van der Waals surface area contributed by atoms with Gasteiger partial charge < -0.3 is 9.84 Å². The normalized spacial score (nSPS) is 10.5. The molecule has 80 valence electrons. The van der Waals surface area contributed by atoms with Gasteiger partial charge >= 0.3 is 5.97 Å². The molecule has 0 saturated carbocycles. The third-order valence-corrected chi connectivity index (χ3v) is 1.75. The zero-order chi connectivity index (χ0) is 11.1. The van der Waals surface area contributed by atoms with Crippen molar-refractivity contribution in [1.29, 1.82) is 0 Å². The first kappa shape index (κ1) is 11.3. The van der Waals surface area contributed by atoms with Gasteiger partial charge in [-0.2, -0.15) is 0 Å². The van der Waals surface area contributed by atoms with Crippen LogP contribution in [0.5, 0.6) is 5.75 Å². The summed E-state index contributed by atoms with van der Waals surface area (Å²) >= 11 is 0. The molecular weight excluding hydrogens is 192 g/mol. The first-order chi connectivity index (χ1) is 7.22. The molecule has 0 aromatic heterocycles. The number of hydrogen-bond donors (Lipinski definition) is 1. The van der Waals surface area contributed by atoms with Crippen LogP contribution in [0.15, 0.2) is 30.3 Å². The number of carbonyl (C=O) groups is 1. The van der Waals surface area contributed by atoms with Crippen LogP contribution < -0.4 is 4.74 Å². The molecule has 0 aliphatic carbocycles. The molecule has 3 nitrogen and oxygen atoms in total. The molecule has 15 heavy (non-hydrogen) atoms. The van der Waals surface area contributed by atoms with Crippen LogP contribution in [0.3, 0.4) is 0 Å². The van der Waals surface area contributed by atoms with Crippen molar-refractivity contribution in [3.05, 3.63) is 35.9 Å². The maximum Gasteiger partial charge on any atom is 0.328 e. The molecule has 1 aromatic carbocycles. The summed E-state index contributed by atoms with van der Waals surface area (Å²) in [6, 6.07) is 7.34. The van der Waals surface area contributed by atoms with Crippen LogP contribution in [0.4, 0.5) is 0 Å². The highest BCUT2D eigenvalue weighted by atomic mass is 16.5. The lowest BCUT2D eigenvalue weighted by molar-refractivity contribution is -0.131. The maximum atomic E-state index is 10.3. The van der Waals surface area contributed by atoms with Crippen molar-refractivity contribution in [1.82, 2.24) is 0 Å². The largest absolute Gasteiger partial charge is 0.494 e. The van der Waals surface area contributed by atoms with E-state index < -0.39 is 5.97 Å². The van der Waals surface area contributed by atoms with E-state index in [9.17, 15) is 4.79 Å². The molecule has 0 bridgehead atoms. The zero-order valence-corrected chi connectivity index (χ0v) is 8.64. The van der Waals surface area contributed by atoms with Crippen molar-refractivity contribution >= 4 is 12.0 Å². The Labute approximate surface area is 89.0 Å². The van der Waals surface area contributed by atoms with E-state index in [4.69, 9.17) is 9.84 Å². The summed E-state index contributed by atoms with van der Waals surface area (Å²) < 4.78 is 5.42. The quantitative estimate of drug-likeness (QED) is 0.753. The topological polar surface area (TPSA) is 46.5 Å². The number of rotatable bonds is 5. The Morgan fingerprint density at radius 3 is 3.00 bits per heavy atom. The van der Waals surface area contributed by atoms with Crippen LogP contribution in [-0.4, -0.2) is 17.7 Å². The predicted octanol–water partition coefficient (Wildman–Crippen LogP) is 2.57. The smallest absolute Gasteiger partial charge is 0.328 e. The van der Waals surface area contributed by atoms with E-state index in [2.05, 4.69) is 0 Å². The van der Waals surface area contributed by atoms with Crippen molar-refractivity contribution in [2.45, 2.75) is 13.3 Å². The molecule has 0 fully saturated rings. The van der Waals surface area contributed by atoms with Gasteiger partial charge in [0.25, 0.3) is 0 Å². The molecule has 0 atom stereocenters. The van der Waals surface area contributed by atoms with E-state index in [0.29, 0.717) is 6.61 Å². The fourth-order valence-corrected chi connectivity index (χ4v) is 1.10. The molecule has 0 radical (unpaired) electrons. The van der Waals surface area contributed by atoms with Crippen LogP contribution in [0, 0.1) is 0 Å². The fourth-order valence-electron chi connectivity index (χ4n) is 1.10. The van der Waals surface area contributed by atoms with E-state index >= 15 is 0 Å². The Bertz CT molecular complexity index is 356. The molecule has 1 N–H and O–H groups in total. The summed E-state index contributed by atoms with van der Waals surface area (Å²) in [7, 11) is 0.